The number of nitrogens with zero attached hydrogens (tertiary/aromatic N) is 6. The zero-order valence-corrected chi connectivity index (χ0v) is 17.7. The van der Waals surface area contributed by atoms with Gasteiger partial charge in [0.15, 0.2) is 5.65 Å². The zero-order valence-electron chi connectivity index (χ0n) is 16.9. The van der Waals surface area contributed by atoms with Gasteiger partial charge in [0.25, 0.3) is 0 Å². The average Bonchev–Trinajstić information content (AvgIpc) is 3.43. The molecule has 0 unspecified atom stereocenters. The van der Waals surface area contributed by atoms with E-state index < -0.39 is 0 Å². The Labute approximate surface area is 180 Å². The van der Waals surface area contributed by atoms with Crippen LogP contribution in [0.3, 0.4) is 0 Å². The Morgan fingerprint density at radius 3 is 2.47 bits per heavy atom. The Morgan fingerprint density at radius 2 is 1.73 bits per heavy atom. The Bertz CT molecular complexity index is 1130. The van der Waals surface area contributed by atoms with Gasteiger partial charge in [-0.1, -0.05) is 41.9 Å². The predicted octanol–water partition coefficient (Wildman–Crippen LogP) is 3.39. The van der Waals surface area contributed by atoms with Gasteiger partial charge < -0.3 is 9.88 Å². The van der Waals surface area contributed by atoms with Crippen LogP contribution < -0.4 is 0 Å². The second-order valence-corrected chi connectivity index (χ2v) is 8.12. The molecule has 0 spiro atoms. The molecule has 4 aromatic rings. The summed E-state index contributed by atoms with van der Waals surface area (Å²) in [4.78, 5) is 7.89. The van der Waals surface area contributed by atoms with Crippen LogP contribution in [0.1, 0.15) is 0 Å². The van der Waals surface area contributed by atoms with E-state index in [2.05, 4.69) is 44.2 Å². The summed E-state index contributed by atoms with van der Waals surface area (Å²) in [6, 6.07) is 12.1. The first-order valence-electron chi connectivity index (χ1n) is 10.2. The summed E-state index contributed by atoms with van der Waals surface area (Å²) in [6.45, 7) is 6.03. The third-order valence-electron chi connectivity index (χ3n) is 5.74. The summed E-state index contributed by atoms with van der Waals surface area (Å²) in [5.74, 6) is 0. The highest BCUT2D eigenvalue weighted by molar-refractivity contribution is 6.38. The number of hydrogen-bond donors (Lipinski definition) is 1. The average molecular weight is 422 g/mol. The van der Waals surface area contributed by atoms with Crippen LogP contribution in [0.2, 0.25) is 5.02 Å². The summed E-state index contributed by atoms with van der Waals surface area (Å²) in [5.41, 5.74) is 4.18. The van der Waals surface area contributed by atoms with Crippen molar-refractivity contribution in [3.05, 3.63) is 53.8 Å². The quantitative estimate of drug-likeness (QED) is 0.535. The highest BCUT2D eigenvalue weighted by Crippen LogP contribution is 2.37. The molecule has 0 amide bonds. The number of aromatic nitrogens is 5. The van der Waals surface area contributed by atoms with Gasteiger partial charge in [-0.3, -0.25) is 4.90 Å². The molecular formula is C22H24ClN7. The molecule has 1 fully saturated rings. The predicted molar refractivity (Wildman–Crippen MR) is 119 cm³/mol. The third-order valence-corrected chi connectivity index (χ3v) is 6.11. The van der Waals surface area contributed by atoms with Gasteiger partial charge in [0, 0.05) is 56.2 Å². The van der Waals surface area contributed by atoms with Gasteiger partial charge in [-0.05, 0) is 13.1 Å². The van der Waals surface area contributed by atoms with Crippen LogP contribution in [0.25, 0.3) is 33.5 Å². The third kappa shape index (κ3) is 3.60. The van der Waals surface area contributed by atoms with Gasteiger partial charge in [-0.15, -0.1) is 10.2 Å². The zero-order chi connectivity index (χ0) is 20.5. The molecule has 1 aliphatic rings. The lowest BCUT2D eigenvalue weighted by molar-refractivity contribution is 0.149. The Kier molecular flexibility index (Phi) is 5.25. The van der Waals surface area contributed by atoms with Gasteiger partial charge in [0.05, 0.1) is 17.0 Å². The van der Waals surface area contributed by atoms with E-state index in [0.29, 0.717) is 10.7 Å². The van der Waals surface area contributed by atoms with Crippen LogP contribution in [0.5, 0.6) is 0 Å². The Balaban J connectivity index is 1.55. The van der Waals surface area contributed by atoms with E-state index in [1.54, 1.807) is 0 Å². The highest BCUT2D eigenvalue weighted by Gasteiger charge is 2.22. The first-order chi connectivity index (χ1) is 14.7. The number of hydrogen-bond acceptors (Lipinski definition) is 5. The van der Waals surface area contributed by atoms with Crippen LogP contribution in [0.15, 0.2) is 48.8 Å². The second kappa shape index (κ2) is 8.18. The topological polar surface area (TPSA) is 65.9 Å². The van der Waals surface area contributed by atoms with Crippen LogP contribution >= 0.6 is 11.6 Å². The van der Waals surface area contributed by atoms with Crippen molar-refractivity contribution in [2.75, 3.05) is 39.8 Å². The normalized spacial score (nSPS) is 15.8. The first-order valence-corrected chi connectivity index (χ1v) is 10.6. The van der Waals surface area contributed by atoms with Crippen molar-refractivity contribution in [2.24, 2.45) is 0 Å². The van der Waals surface area contributed by atoms with Crippen molar-refractivity contribution in [3.63, 3.8) is 0 Å². The molecule has 4 heterocycles. The number of H-pyrrole nitrogens is 1. The van der Waals surface area contributed by atoms with E-state index in [0.717, 1.165) is 67.1 Å². The number of benzene rings is 1. The monoisotopic (exact) mass is 421 g/mol. The molecule has 1 aliphatic heterocycles. The van der Waals surface area contributed by atoms with Gasteiger partial charge in [-0.25, -0.2) is 4.68 Å². The lowest BCUT2D eigenvalue weighted by Crippen LogP contribution is -2.45. The largest absolute Gasteiger partial charge is 0.367 e. The molecule has 154 valence electrons. The van der Waals surface area contributed by atoms with Crippen LogP contribution in [0, 0.1) is 0 Å². The molecule has 1 saturated heterocycles. The Hall–Kier alpha value is -2.74. The fourth-order valence-corrected chi connectivity index (χ4v) is 4.25. The standard InChI is InChI=1S/C22H24ClN7/c1-28-9-11-29(12-10-28)13-14-30-22-18(20(27-30)16-5-3-2-4-6-16)19(23)21(25-26-22)17-7-8-24-15-17/h2-8,15,24H,9-14H2,1H3. The fourth-order valence-electron chi connectivity index (χ4n) is 3.93. The van der Waals surface area contributed by atoms with E-state index in [1.807, 2.05) is 41.3 Å². The van der Waals surface area contributed by atoms with Crippen LogP contribution in [0.4, 0.5) is 0 Å². The molecule has 0 aliphatic carbocycles. The molecule has 8 heteroatoms. The minimum absolute atomic E-state index is 0.587. The molecule has 5 rings (SSSR count). The summed E-state index contributed by atoms with van der Waals surface area (Å²) >= 11 is 6.88. The van der Waals surface area contributed by atoms with Crippen molar-refractivity contribution in [1.29, 1.82) is 0 Å². The lowest BCUT2D eigenvalue weighted by Gasteiger charge is -2.32. The molecule has 0 atom stereocenters. The molecular weight excluding hydrogens is 398 g/mol. The van der Waals surface area contributed by atoms with Crippen molar-refractivity contribution in [3.8, 4) is 22.5 Å². The number of fused-ring (bicyclic) bond motifs is 1. The summed E-state index contributed by atoms with van der Waals surface area (Å²) in [5, 5.41) is 15.4. The van der Waals surface area contributed by atoms with Crippen LogP contribution in [-0.4, -0.2) is 74.5 Å². The van der Waals surface area contributed by atoms with Gasteiger partial charge in [0.2, 0.25) is 0 Å². The van der Waals surface area contributed by atoms with Gasteiger partial charge in [0.1, 0.15) is 11.4 Å². The smallest absolute Gasteiger partial charge is 0.182 e. The molecule has 7 nitrogen and oxygen atoms in total. The van der Waals surface area contributed by atoms with Gasteiger partial charge >= 0.3 is 0 Å². The van der Waals surface area contributed by atoms with Crippen LogP contribution in [-0.2, 0) is 6.54 Å². The Morgan fingerprint density at radius 1 is 0.933 bits per heavy atom. The van der Waals surface area contributed by atoms with Crippen molar-refractivity contribution < 1.29 is 0 Å². The van der Waals surface area contributed by atoms with E-state index in [-0.39, 0.29) is 0 Å². The maximum Gasteiger partial charge on any atom is 0.182 e. The van der Waals surface area contributed by atoms with Crippen molar-refractivity contribution >= 4 is 22.6 Å². The van der Waals surface area contributed by atoms with E-state index >= 15 is 0 Å². The number of piperazine rings is 1. The number of aromatic amines is 1. The van der Waals surface area contributed by atoms with E-state index in [4.69, 9.17) is 16.7 Å². The number of likely N-dealkylation sites (N-methyl/N-ethyl adjacent to an activating group) is 1. The molecule has 0 radical (unpaired) electrons. The minimum atomic E-state index is 0.587. The fraction of sp³-hybridized carbons (Fsp3) is 0.318. The van der Waals surface area contributed by atoms with Crippen molar-refractivity contribution in [1.82, 2.24) is 34.8 Å². The molecule has 0 saturated carbocycles. The maximum absolute atomic E-state index is 6.88. The number of rotatable bonds is 5. The molecule has 30 heavy (non-hydrogen) atoms. The summed E-state index contributed by atoms with van der Waals surface area (Å²) in [6.07, 6.45) is 3.73. The number of nitrogens with one attached hydrogen (secondary N) is 1. The minimum Gasteiger partial charge on any atom is -0.367 e. The maximum atomic E-state index is 6.88. The molecule has 0 bridgehead atoms. The lowest BCUT2D eigenvalue weighted by atomic mass is 10.1. The molecule has 3 aromatic heterocycles. The first kappa shape index (κ1) is 19.2. The van der Waals surface area contributed by atoms with E-state index in [1.165, 1.54) is 0 Å². The molecule has 1 N–H and O–H groups in total. The molecule has 1 aromatic carbocycles. The highest BCUT2D eigenvalue weighted by atomic mass is 35.5. The van der Waals surface area contributed by atoms with Crippen molar-refractivity contribution in [2.45, 2.75) is 6.54 Å². The second-order valence-electron chi connectivity index (χ2n) is 7.74. The van der Waals surface area contributed by atoms with Gasteiger partial charge in [-0.2, -0.15) is 5.10 Å². The summed E-state index contributed by atoms with van der Waals surface area (Å²) < 4.78 is 1.95. The number of halogens is 1. The summed E-state index contributed by atoms with van der Waals surface area (Å²) in [7, 11) is 2.17. The SMILES string of the molecule is CN1CCN(CCn2nc(-c3ccccc3)c3c(Cl)c(-c4cc[nH]c4)nnc32)CC1. The van der Waals surface area contributed by atoms with E-state index in [9.17, 15) is 0 Å².